The van der Waals surface area contributed by atoms with Crippen LogP contribution in [0.2, 0.25) is 0 Å². The first-order chi connectivity index (χ1) is 14.4. The molecule has 1 heterocycles. The third kappa shape index (κ3) is 4.89. The average molecular weight is 413 g/mol. The molecule has 30 heavy (non-hydrogen) atoms. The number of fused-ring (bicyclic) bond motifs is 1. The summed E-state index contributed by atoms with van der Waals surface area (Å²) in [4.78, 5) is 16.2. The fraction of sp³-hybridized carbons (Fsp3) is 0.273. The predicted molar refractivity (Wildman–Crippen MR) is 113 cm³/mol. The van der Waals surface area contributed by atoms with Crippen LogP contribution < -0.4 is 24.8 Å². The number of pyridine rings is 1. The molecule has 0 saturated heterocycles. The molecular weight excluding hydrogens is 389 g/mol. The number of ether oxygens (including phenoxy) is 3. The molecule has 0 spiro atoms. The summed E-state index contributed by atoms with van der Waals surface area (Å²) in [6.45, 7) is 4.45. The lowest BCUT2D eigenvalue weighted by Crippen LogP contribution is -2.31. The van der Waals surface area contributed by atoms with Crippen molar-refractivity contribution >= 4 is 22.6 Å². The van der Waals surface area contributed by atoms with Gasteiger partial charge in [0.25, 0.3) is 0 Å². The molecule has 3 rings (SSSR count). The lowest BCUT2D eigenvalue weighted by molar-refractivity contribution is 0.250. The lowest BCUT2D eigenvalue weighted by Gasteiger charge is -2.13. The third-order valence-electron chi connectivity index (χ3n) is 4.29. The van der Waals surface area contributed by atoms with E-state index in [1.54, 1.807) is 44.7 Å². The molecule has 0 aliphatic heterocycles. The normalized spacial score (nSPS) is 10.7. The molecule has 0 saturated carbocycles. The van der Waals surface area contributed by atoms with Gasteiger partial charge in [0.1, 0.15) is 17.3 Å². The second-order valence-corrected chi connectivity index (χ2v) is 7.01. The van der Waals surface area contributed by atoms with Crippen LogP contribution in [0.3, 0.4) is 0 Å². The van der Waals surface area contributed by atoms with Gasteiger partial charge in [0.15, 0.2) is 11.5 Å². The Balaban J connectivity index is 1.82. The lowest BCUT2D eigenvalue weighted by atomic mass is 10.2. The van der Waals surface area contributed by atoms with E-state index in [4.69, 9.17) is 14.2 Å². The molecule has 8 heteroatoms. The number of rotatable bonds is 7. The summed E-state index contributed by atoms with van der Waals surface area (Å²) in [5.74, 6) is 1.53. The quantitative estimate of drug-likeness (QED) is 0.572. The Morgan fingerprint density at radius 3 is 2.47 bits per heavy atom. The van der Waals surface area contributed by atoms with Gasteiger partial charge in [-0.05, 0) is 30.2 Å². The van der Waals surface area contributed by atoms with Gasteiger partial charge < -0.3 is 24.8 Å². The molecule has 0 fully saturated rings. The molecule has 158 valence electrons. The molecule has 2 N–H and O–H groups in total. The molecule has 2 aromatic carbocycles. The highest BCUT2D eigenvalue weighted by Gasteiger charge is 2.13. The largest absolute Gasteiger partial charge is 0.493 e. The number of carbonyl (C=O) groups is 1. The number of aromatic nitrogens is 1. The van der Waals surface area contributed by atoms with E-state index in [-0.39, 0.29) is 11.4 Å². The van der Waals surface area contributed by atoms with Gasteiger partial charge in [0, 0.05) is 30.3 Å². The molecule has 0 radical (unpaired) electrons. The standard InChI is InChI=1S/C22H24FN3O4/c1-13(2)12-25-22(27)26-17-6-5-14(9-16(17)23)30-19-7-8-24-18-11-21(29-4)20(28-3)10-15(18)19/h5-11,13H,12H2,1-4H3,(H2,25,26,27). The van der Waals surface area contributed by atoms with Crippen molar-refractivity contribution in [2.75, 3.05) is 26.1 Å². The summed E-state index contributed by atoms with van der Waals surface area (Å²) < 4.78 is 31.0. The number of benzene rings is 2. The summed E-state index contributed by atoms with van der Waals surface area (Å²) in [6, 6.07) is 8.95. The van der Waals surface area contributed by atoms with Crippen LogP contribution in [0.25, 0.3) is 10.9 Å². The molecule has 1 aromatic heterocycles. The van der Waals surface area contributed by atoms with Crippen LogP contribution in [0.4, 0.5) is 14.9 Å². The van der Waals surface area contributed by atoms with Gasteiger partial charge in [-0.25, -0.2) is 9.18 Å². The fourth-order valence-corrected chi connectivity index (χ4v) is 2.79. The van der Waals surface area contributed by atoms with Gasteiger partial charge in [-0.1, -0.05) is 13.8 Å². The van der Waals surface area contributed by atoms with Gasteiger partial charge in [-0.15, -0.1) is 0 Å². The Morgan fingerprint density at radius 1 is 1.07 bits per heavy atom. The summed E-state index contributed by atoms with van der Waals surface area (Å²) in [6.07, 6.45) is 1.59. The Morgan fingerprint density at radius 2 is 1.80 bits per heavy atom. The Kier molecular flexibility index (Phi) is 6.56. The van der Waals surface area contributed by atoms with Crippen molar-refractivity contribution in [3.05, 3.63) is 48.4 Å². The SMILES string of the molecule is COc1cc2nccc(Oc3ccc(NC(=O)NCC(C)C)c(F)c3)c2cc1OC. The summed E-state index contributed by atoms with van der Waals surface area (Å²) >= 11 is 0. The Labute approximate surface area is 174 Å². The molecule has 3 aromatic rings. The maximum Gasteiger partial charge on any atom is 0.319 e. The van der Waals surface area contributed by atoms with Crippen LogP contribution in [-0.2, 0) is 0 Å². The van der Waals surface area contributed by atoms with Crippen molar-refractivity contribution in [2.45, 2.75) is 13.8 Å². The van der Waals surface area contributed by atoms with Gasteiger partial charge >= 0.3 is 6.03 Å². The van der Waals surface area contributed by atoms with Crippen LogP contribution in [-0.4, -0.2) is 31.8 Å². The molecule has 0 unspecified atom stereocenters. The van der Waals surface area contributed by atoms with E-state index < -0.39 is 11.8 Å². The smallest absolute Gasteiger partial charge is 0.319 e. The molecule has 0 bridgehead atoms. The highest BCUT2D eigenvalue weighted by molar-refractivity contribution is 5.90. The van der Waals surface area contributed by atoms with Crippen molar-refractivity contribution in [3.63, 3.8) is 0 Å². The summed E-state index contributed by atoms with van der Waals surface area (Å²) in [5, 5.41) is 5.85. The minimum Gasteiger partial charge on any atom is -0.493 e. The van der Waals surface area contributed by atoms with Crippen LogP contribution in [0.15, 0.2) is 42.6 Å². The summed E-state index contributed by atoms with van der Waals surface area (Å²) in [5.41, 5.74) is 0.709. The number of hydrogen-bond donors (Lipinski definition) is 2. The number of halogens is 1. The van der Waals surface area contributed by atoms with E-state index in [1.807, 2.05) is 13.8 Å². The average Bonchev–Trinajstić information content (AvgIpc) is 2.73. The van der Waals surface area contributed by atoms with E-state index in [0.29, 0.717) is 40.6 Å². The van der Waals surface area contributed by atoms with Crippen molar-refractivity contribution in [1.29, 1.82) is 0 Å². The maximum absolute atomic E-state index is 14.5. The van der Waals surface area contributed by atoms with Crippen LogP contribution >= 0.6 is 0 Å². The number of amides is 2. The van der Waals surface area contributed by atoms with E-state index in [0.717, 1.165) is 0 Å². The first-order valence-electron chi connectivity index (χ1n) is 9.44. The number of carbonyl (C=O) groups excluding carboxylic acids is 1. The zero-order valence-corrected chi connectivity index (χ0v) is 17.3. The number of nitrogens with zero attached hydrogens (tertiary/aromatic N) is 1. The number of hydrogen-bond acceptors (Lipinski definition) is 5. The first kappa shape index (κ1) is 21.2. The molecule has 0 atom stereocenters. The van der Waals surface area contributed by atoms with Gasteiger partial charge in [0.2, 0.25) is 0 Å². The molecule has 0 aliphatic carbocycles. The zero-order chi connectivity index (χ0) is 21.7. The minimum atomic E-state index is -0.607. The van der Waals surface area contributed by atoms with Crippen molar-refractivity contribution in [1.82, 2.24) is 10.3 Å². The second kappa shape index (κ2) is 9.30. The Bertz CT molecular complexity index is 1060. The van der Waals surface area contributed by atoms with Crippen molar-refractivity contribution in [3.8, 4) is 23.0 Å². The topological polar surface area (TPSA) is 81.7 Å². The highest BCUT2D eigenvalue weighted by atomic mass is 19.1. The molecule has 7 nitrogen and oxygen atoms in total. The Hall–Kier alpha value is -3.55. The van der Waals surface area contributed by atoms with Crippen molar-refractivity contribution in [2.24, 2.45) is 5.92 Å². The van der Waals surface area contributed by atoms with E-state index >= 15 is 0 Å². The number of nitrogens with one attached hydrogen (secondary N) is 2. The molecule has 2 amide bonds. The van der Waals surface area contributed by atoms with Crippen molar-refractivity contribution < 1.29 is 23.4 Å². The number of anilines is 1. The monoisotopic (exact) mass is 413 g/mol. The highest BCUT2D eigenvalue weighted by Crippen LogP contribution is 2.37. The summed E-state index contributed by atoms with van der Waals surface area (Å²) in [7, 11) is 3.09. The first-order valence-corrected chi connectivity index (χ1v) is 9.44. The van der Waals surface area contributed by atoms with Gasteiger partial charge in [0.05, 0.1) is 25.4 Å². The fourth-order valence-electron chi connectivity index (χ4n) is 2.79. The van der Waals surface area contributed by atoms with Gasteiger partial charge in [-0.2, -0.15) is 0 Å². The minimum absolute atomic E-state index is 0.0644. The predicted octanol–water partition coefficient (Wildman–Crippen LogP) is 4.96. The zero-order valence-electron chi connectivity index (χ0n) is 17.3. The van der Waals surface area contributed by atoms with Crippen LogP contribution in [0, 0.1) is 11.7 Å². The van der Waals surface area contributed by atoms with Crippen LogP contribution in [0.1, 0.15) is 13.8 Å². The number of methoxy groups -OCH3 is 2. The van der Waals surface area contributed by atoms with E-state index in [2.05, 4.69) is 15.6 Å². The number of urea groups is 1. The van der Waals surface area contributed by atoms with E-state index in [9.17, 15) is 9.18 Å². The van der Waals surface area contributed by atoms with Gasteiger partial charge in [-0.3, -0.25) is 4.98 Å². The van der Waals surface area contributed by atoms with Crippen LogP contribution in [0.5, 0.6) is 23.0 Å². The maximum atomic E-state index is 14.5. The molecule has 0 aliphatic rings. The third-order valence-corrected chi connectivity index (χ3v) is 4.29. The molecular formula is C22H24FN3O4. The second-order valence-electron chi connectivity index (χ2n) is 7.01. The van der Waals surface area contributed by atoms with E-state index in [1.165, 1.54) is 12.1 Å².